The maximum atomic E-state index is 6.08. The molecule has 128 valence electrons. The van der Waals surface area contributed by atoms with Gasteiger partial charge in [0.1, 0.15) is 0 Å². The van der Waals surface area contributed by atoms with Crippen LogP contribution in [0.3, 0.4) is 0 Å². The maximum Gasteiger partial charge on any atom is 0.0892 e. The summed E-state index contributed by atoms with van der Waals surface area (Å²) < 4.78 is 6.08. The Balaban J connectivity index is 1.41. The standard InChI is InChI=1S/C18H30N4O/c1-14-18(15(2)21-20-14)8-11-22-10-5-7-17(12-22)23-13-16-6-3-4-9-19-16/h3-4,6,9,14-15,17-18,20-21H,5,7-8,10-13H2,1-2H3. The van der Waals surface area contributed by atoms with Crippen molar-refractivity contribution in [1.29, 1.82) is 0 Å². The fraction of sp³-hybridized carbons (Fsp3) is 0.722. The van der Waals surface area contributed by atoms with Gasteiger partial charge in [-0.3, -0.25) is 15.8 Å². The fourth-order valence-corrected chi connectivity index (χ4v) is 3.78. The Bertz CT molecular complexity index is 459. The Kier molecular flexibility index (Phi) is 6.00. The monoisotopic (exact) mass is 318 g/mol. The molecule has 0 aliphatic carbocycles. The Morgan fingerprint density at radius 3 is 2.83 bits per heavy atom. The molecule has 0 amide bonds. The topological polar surface area (TPSA) is 49.4 Å². The summed E-state index contributed by atoms with van der Waals surface area (Å²) in [5.41, 5.74) is 7.73. The van der Waals surface area contributed by atoms with Gasteiger partial charge in [0.25, 0.3) is 0 Å². The summed E-state index contributed by atoms with van der Waals surface area (Å²) in [6.07, 6.45) is 5.83. The van der Waals surface area contributed by atoms with E-state index < -0.39 is 0 Å². The largest absolute Gasteiger partial charge is 0.371 e. The molecule has 5 heteroatoms. The van der Waals surface area contributed by atoms with Gasteiger partial charge in [0.15, 0.2) is 0 Å². The second kappa shape index (κ2) is 8.20. The van der Waals surface area contributed by atoms with Crippen molar-refractivity contribution in [3.63, 3.8) is 0 Å². The highest BCUT2D eigenvalue weighted by Gasteiger charge is 2.30. The van der Waals surface area contributed by atoms with E-state index in [2.05, 4.69) is 34.6 Å². The van der Waals surface area contributed by atoms with Gasteiger partial charge in [-0.1, -0.05) is 6.07 Å². The molecule has 1 aromatic rings. The molecule has 1 aromatic heterocycles. The van der Waals surface area contributed by atoms with Crippen molar-refractivity contribution < 1.29 is 4.74 Å². The molecule has 0 aromatic carbocycles. The van der Waals surface area contributed by atoms with Crippen LogP contribution in [-0.2, 0) is 11.3 Å². The smallest absolute Gasteiger partial charge is 0.0892 e. The van der Waals surface area contributed by atoms with Crippen LogP contribution in [0.1, 0.15) is 38.8 Å². The molecule has 2 aliphatic heterocycles. The van der Waals surface area contributed by atoms with Gasteiger partial charge in [-0.15, -0.1) is 0 Å². The fourth-order valence-electron chi connectivity index (χ4n) is 3.78. The van der Waals surface area contributed by atoms with Crippen LogP contribution in [0.15, 0.2) is 24.4 Å². The first-order valence-electron chi connectivity index (χ1n) is 8.97. The summed E-state index contributed by atoms with van der Waals surface area (Å²) in [7, 11) is 0. The number of nitrogens with zero attached hydrogens (tertiary/aromatic N) is 2. The molecular formula is C18H30N4O. The van der Waals surface area contributed by atoms with Gasteiger partial charge < -0.3 is 9.64 Å². The van der Waals surface area contributed by atoms with Crippen LogP contribution in [0.5, 0.6) is 0 Å². The average Bonchev–Trinajstić information content (AvgIpc) is 2.91. The van der Waals surface area contributed by atoms with E-state index in [1.165, 1.54) is 32.4 Å². The van der Waals surface area contributed by atoms with Gasteiger partial charge in [0.05, 0.1) is 18.4 Å². The van der Waals surface area contributed by atoms with Crippen LogP contribution in [0.25, 0.3) is 0 Å². The van der Waals surface area contributed by atoms with Gasteiger partial charge in [0, 0.05) is 24.8 Å². The third kappa shape index (κ3) is 4.73. The first-order chi connectivity index (χ1) is 11.2. The lowest BCUT2D eigenvalue weighted by Crippen LogP contribution is -2.41. The molecule has 3 rings (SSSR count). The van der Waals surface area contributed by atoms with Crippen LogP contribution in [-0.4, -0.2) is 47.7 Å². The predicted molar refractivity (Wildman–Crippen MR) is 91.8 cm³/mol. The Hall–Kier alpha value is -1.01. The highest BCUT2D eigenvalue weighted by molar-refractivity contribution is 5.02. The predicted octanol–water partition coefficient (Wildman–Crippen LogP) is 1.95. The van der Waals surface area contributed by atoms with Crippen molar-refractivity contribution in [1.82, 2.24) is 20.7 Å². The zero-order chi connectivity index (χ0) is 16.1. The summed E-state index contributed by atoms with van der Waals surface area (Å²) in [6, 6.07) is 7.12. The quantitative estimate of drug-likeness (QED) is 0.840. The normalized spacial score (nSPS) is 32.3. The van der Waals surface area contributed by atoms with Crippen LogP contribution < -0.4 is 10.9 Å². The maximum absolute atomic E-state index is 6.08. The van der Waals surface area contributed by atoms with E-state index in [4.69, 9.17) is 4.74 Å². The highest BCUT2D eigenvalue weighted by atomic mass is 16.5. The Morgan fingerprint density at radius 1 is 1.26 bits per heavy atom. The number of piperidine rings is 1. The second-order valence-corrected chi connectivity index (χ2v) is 7.02. The number of pyridine rings is 1. The highest BCUT2D eigenvalue weighted by Crippen LogP contribution is 2.21. The molecule has 0 radical (unpaired) electrons. The van der Waals surface area contributed by atoms with Crippen molar-refractivity contribution in [3.8, 4) is 0 Å². The van der Waals surface area contributed by atoms with E-state index in [1.807, 2.05) is 24.4 Å². The van der Waals surface area contributed by atoms with Crippen LogP contribution in [0, 0.1) is 5.92 Å². The van der Waals surface area contributed by atoms with Gasteiger partial charge >= 0.3 is 0 Å². The van der Waals surface area contributed by atoms with E-state index in [0.29, 0.717) is 30.7 Å². The number of hydrogen-bond donors (Lipinski definition) is 2. The molecule has 5 nitrogen and oxygen atoms in total. The third-order valence-electron chi connectivity index (χ3n) is 5.26. The molecular weight excluding hydrogens is 288 g/mol. The van der Waals surface area contributed by atoms with Crippen LogP contribution in [0.4, 0.5) is 0 Å². The molecule has 2 aliphatic rings. The van der Waals surface area contributed by atoms with E-state index in [-0.39, 0.29) is 0 Å². The van der Waals surface area contributed by atoms with E-state index in [1.54, 1.807) is 0 Å². The van der Waals surface area contributed by atoms with Crippen molar-refractivity contribution in [2.45, 2.75) is 57.9 Å². The minimum atomic E-state index is 0.348. The van der Waals surface area contributed by atoms with Gasteiger partial charge in [0.2, 0.25) is 0 Å². The number of rotatable bonds is 6. The van der Waals surface area contributed by atoms with E-state index in [9.17, 15) is 0 Å². The summed E-state index contributed by atoms with van der Waals surface area (Å²) in [5, 5.41) is 0. The van der Waals surface area contributed by atoms with Crippen LogP contribution >= 0.6 is 0 Å². The Morgan fingerprint density at radius 2 is 2.09 bits per heavy atom. The first-order valence-corrected chi connectivity index (χ1v) is 8.97. The van der Waals surface area contributed by atoms with Crippen LogP contribution in [0.2, 0.25) is 0 Å². The van der Waals surface area contributed by atoms with Gasteiger partial charge in [-0.2, -0.15) is 0 Å². The second-order valence-electron chi connectivity index (χ2n) is 7.02. The molecule has 2 fully saturated rings. The lowest BCUT2D eigenvalue weighted by atomic mass is 9.92. The summed E-state index contributed by atoms with van der Waals surface area (Å²) >= 11 is 0. The number of nitrogens with one attached hydrogen (secondary N) is 2. The lowest BCUT2D eigenvalue weighted by Gasteiger charge is -2.33. The van der Waals surface area contributed by atoms with Crippen molar-refractivity contribution >= 4 is 0 Å². The summed E-state index contributed by atoms with van der Waals surface area (Å²) in [4.78, 5) is 6.91. The Labute approximate surface area is 139 Å². The number of aromatic nitrogens is 1. The average molecular weight is 318 g/mol. The molecule has 2 saturated heterocycles. The van der Waals surface area contributed by atoms with Crippen molar-refractivity contribution in [2.24, 2.45) is 5.92 Å². The van der Waals surface area contributed by atoms with E-state index >= 15 is 0 Å². The lowest BCUT2D eigenvalue weighted by molar-refractivity contribution is -0.0124. The molecule has 3 unspecified atom stereocenters. The number of hydrogen-bond acceptors (Lipinski definition) is 5. The van der Waals surface area contributed by atoms with Gasteiger partial charge in [-0.05, 0) is 64.3 Å². The zero-order valence-electron chi connectivity index (χ0n) is 14.4. The van der Waals surface area contributed by atoms with Crippen molar-refractivity contribution in [2.75, 3.05) is 19.6 Å². The van der Waals surface area contributed by atoms with E-state index in [0.717, 1.165) is 12.2 Å². The molecule has 23 heavy (non-hydrogen) atoms. The summed E-state index contributed by atoms with van der Waals surface area (Å²) in [5.74, 6) is 0.713. The summed E-state index contributed by atoms with van der Waals surface area (Å²) in [6.45, 7) is 8.62. The third-order valence-corrected chi connectivity index (χ3v) is 5.26. The SMILES string of the molecule is CC1NNC(C)C1CCN1CCCC(OCc2ccccn2)C1. The molecule has 0 bridgehead atoms. The number of hydrazine groups is 1. The minimum Gasteiger partial charge on any atom is -0.371 e. The first kappa shape index (κ1) is 16.8. The molecule has 0 spiro atoms. The van der Waals surface area contributed by atoms with Crippen molar-refractivity contribution in [3.05, 3.63) is 30.1 Å². The molecule has 3 atom stereocenters. The minimum absolute atomic E-state index is 0.348. The zero-order valence-corrected chi connectivity index (χ0v) is 14.4. The molecule has 3 heterocycles. The molecule has 2 N–H and O–H groups in total. The number of ether oxygens (including phenoxy) is 1. The number of likely N-dealkylation sites (tertiary alicyclic amines) is 1. The molecule has 0 saturated carbocycles. The van der Waals surface area contributed by atoms with Gasteiger partial charge in [-0.25, -0.2) is 0 Å².